The summed E-state index contributed by atoms with van der Waals surface area (Å²) in [5, 5.41) is 4.14. The lowest BCUT2D eigenvalue weighted by atomic mass is 10.1. The number of carbonyl (C=O) groups is 2. The molecular formula is C19H26N4O2. The SMILES string of the molecule is CCN(Cc1ccc(C(=O)N(C)C)cc1)C(=O)C(C)c1ccnn1C. The van der Waals surface area contributed by atoms with E-state index in [1.807, 2.05) is 44.0 Å². The highest BCUT2D eigenvalue weighted by Gasteiger charge is 2.23. The molecule has 0 aliphatic heterocycles. The summed E-state index contributed by atoms with van der Waals surface area (Å²) in [6.07, 6.45) is 1.70. The summed E-state index contributed by atoms with van der Waals surface area (Å²) in [6, 6.07) is 9.29. The van der Waals surface area contributed by atoms with Gasteiger partial charge in [0.1, 0.15) is 0 Å². The van der Waals surface area contributed by atoms with Gasteiger partial charge in [-0.2, -0.15) is 5.10 Å². The van der Waals surface area contributed by atoms with Crippen molar-refractivity contribution in [3.05, 3.63) is 53.3 Å². The van der Waals surface area contributed by atoms with Gasteiger partial charge in [-0.25, -0.2) is 0 Å². The van der Waals surface area contributed by atoms with E-state index in [0.29, 0.717) is 18.7 Å². The maximum absolute atomic E-state index is 12.8. The van der Waals surface area contributed by atoms with Gasteiger partial charge in [-0.3, -0.25) is 14.3 Å². The quantitative estimate of drug-likeness (QED) is 0.809. The van der Waals surface area contributed by atoms with Gasteiger partial charge in [-0.15, -0.1) is 0 Å². The van der Waals surface area contributed by atoms with Crippen molar-refractivity contribution in [3.8, 4) is 0 Å². The standard InChI is InChI=1S/C19H26N4O2/c1-6-23(18(24)14(2)17-11-12-20-22(17)5)13-15-7-9-16(10-8-15)19(25)21(3)4/h7-12,14H,6,13H2,1-5H3. The summed E-state index contributed by atoms with van der Waals surface area (Å²) >= 11 is 0. The molecule has 0 bridgehead atoms. The third-order valence-corrected chi connectivity index (χ3v) is 4.35. The van der Waals surface area contributed by atoms with E-state index in [2.05, 4.69) is 5.10 Å². The van der Waals surface area contributed by atoms with Gasteiger partial charge in [0.15, 0.2) is 0 Å². The van der Waals surface area contributed by atoms with Crippen LogP contribution in [0.5, 0.6) is 0 Å². The van der Waals surface area contributed by atoms with Crippen LogP contribution in [0.2, 0.25) is 0 Å². The molecule has 0 radical (unpaired) electrons. The third kappa shape index (κ3) is 4.26. The van der Waals surface area contributed by atoms with Crippen molar-refractivity contribution in [2.75, 3.05) is 20.6 Å². The number of nitrogens with zero attached hydrogens (tertiary/aromatic N) is 4. The molecule has 1 atom stereocenters. The van der Waals surface area contributed by atoms with E-state index >= 15 is 0 Å². The van der Waals surface area contributed by atoms with Crippen molar-refractivity contribution in [3.63, 3.8) is 0 Å². The van der Waals surface area contributed by atoms with Gasteiger partial charge < -0.3 is 9.80 Å². The molecule has 1 aromatic heterocycles. The van der Waals surface area contributed by atoms with Gasteiger partial charge in [0.05, 0.1) is 11.6 Å². The second-order valence-electron chi connectivity index (χ2n) is 6.35. The summed E-state index contributed by atoms with van der Waals surface area (Å²) in [7, 11) is 5.30. The van der Waals surface area contributed by atoms with Crippen molar-refractivity contribution in [2.45, 2.75) is 26.3 Å². The molecule has 2 amide bonds. The van der Waals surface area contributed by atoms with Crippen molar-refractivity contribution >= 4 is 11.8 Å². The van der Waals surface area contributed by atoms with E-state index in [0.717, 1.165) is 11.3 Å². The Morgan fingerprint density at radius 2 is 1.80 bits per heavy atom. The zero-order chi connectivity index (χ0) is 18.6. The minimum Gasteiger partial charge on any atom is -0.345 e. The van der Waals surface area contributed by atoms with Gasteiger partial charge in [0.2, 0.25) is 5.91 Å². The molecule has 134 valence electrons. The van der Waals surface area contributed by atoms with E-state index in [9.17, 15) is 9.59 Å². The topological polar surface area (TPSA) is 58.4 Å². The highest BCUT2D eigenvalue weighted by Crippen LogP contribution is 2.19. The molecule has 6 nitrogen and oxygen atoms in total. The largest absolute Gasteiger partial charge is 0.345 e. The summed E-state index contributed by atoms with van der Waals surface area (Å²) in [4.78, 5) is 28.1. The molecule has 0 N–H and O–H groups in total. The lowest BCUT2D eigenvalue weighted by molar-refractivity contribution is -0.133. The van der Waals surface area contributed by atoms with Crippen LogP contribution in [0.1, 0.15) is 41.4 Å². The smallest absolute Gasteiger partial charge is 0.253 e. The van der Waals surface area contributed by atoms with E-state index in [1.165, 1.54) is 0 Å². The van der Waals surface area contributed by atoms with Crippen molar-refractivity contribution in [2.24, 2.45) is 7.05 Å². The van der Waals surface area contributed by atoms with Crippen molar-refractivity contribution < 1.29 is 9.59 Å². The van der Waals surface area contributed by atoms with Gasteiger partial charge in [0.25, 0.3) is 5.91 Å². The number of aromatic nitrogens is 2. The molecule has 1 heterocycles. The number of hydrogen-bond donors (Lipinski definition) is 0. The molecule has 0 saturated carbocycles. The van der Waals surface area contributed by atoms with Crippen LogP contribution in [-0.2, 0) is 18.4 Å². The maximum atomic E-state index is 12.8. The molecule has 0 spiro atoms. The predicted molar refractivity (Wildman–Crippen MR) is 97.2 cm³/mol. The number of hydrogen-bond acceptors (Lipinski definition) is 3. The number of carbonyl (C=O) groups excluding carboxylic acids is 2. The van der Waals surface area contributed by atoms with Crippen LogP contribution >= 0.6 is 0 Å². The predicted octanol–water partition coefficient (Wildman–Crippen LogP) is 2.27. The molecule has 1 unspecified atom stereocenters. The zero-order valence-electron chi connectivity index (χ0n) is 15.6. The molecule has 6 heteroatoms. The molecule has 0 fully saturated rings. The molecule has 25 heavy (non-hydrogen) atoms. The Morgan fingerprint density at radius 1 is 1.16 bits per heavy atom. The number of benzene rings is 1. The highest BCUT2D eigenvalue weighted by atomic mass is 16.2. The van der Waals surface area contributed by atoms with Crippen LogP contribution in [0.4, 0.5) is 0 Å². The number of rotatable bonds is 6. The van der Waals surface area contributed by atoms with Crippen LogP contribution < -0.4 is 0 Å². The minimum absolute atomic E-state index is 0.0280. The Kier molecular flexibility index (Phi) is 5.96. The van der Waals surface area contributed by atoms with Gasteiger partial charge in [-0.05, 0) is 37.6 Å². The summed E-state index contributed by atoms with van der Waals surface area (Å²) in [5.41, 5.74) is 2.55. The fourth-order valence-corrected chi connectivity index (χ4v) is 2.79. The number of likely N-dealkylation sites (N-methyl/N-ethyl adjacent to an activating group) is 1. The first-order chi connectivity index (χ1) is 11.8. The summed E-state index contributed by atoms with van der Waals surface area (Å²) in [6.45, 7) is 5.02. The van der Waals surface area contributed by atoms with E-state index in [1.54, 1.807) is 42.0 Å². The lowest BCUT2D eigenvalue weighted by Gasteiger charge is -2.25. The van der Waals surface area contributed by atoms with E-state index in [4.69, 9.17) is 0 Å². The van der Waals surface area contributed by atoms with Gasteiger partial charge in [-0.1, -0.05) is 12.1 Å². The fourth-order valence-electron chi connectivity index (χ4n) is 2.79. The average molecular weight is 342 g/mol. The van der Waals surface area contributed by atoms with E-state index < -0.39 is 0 Å². The first kappa shape index (κ1) is 18.7. The van der Waals surface area contributed by atoms with Gasteiger partial charge in [0, 0.05) is 46.0 Å². The minimum atomic E-state index is -0.248. The Hall–Kier alpha value is -2.63. The monoisotopic (exact) mass is 342 g/mol. The highest BCUT2D eigenvalue weighted by molar-refractivity contribution is 5.93. The summed E-state index contributed by atoms with van der Waals surface area (Å²) in [5.74, 6) is -0.207. The van der Waals surface area contributed by atoms with Crippen molar-refractivity contribution in [1.29, 1.82) is 0 Å². The summed E-state index contributed by atoms with van der Waals surface area (Å²) < 4.78 is 1.73. The lowest BCUT2D eigenvalue weighted by Crippen LogP contribution is -2.34. The van der Waals surface area contributed by atoms with Crippen LogP contribution in [0.25, 0.3) is 0 Å². The molecule has 0 saturated heterocycles. The first-order valence-electron chi connectivity index (χ1n) is 8.42. The van der Waals surface area contributed by atoms with Crippen LogP contribution in [0, 0.1) is 0 Å². The number of amides is 2. The molecular weight excluding hydrogens is 316 g/mol. The zero-order valence-corrected chi connectivity index (χ0v) is 15.6. The Bertz CT molecular complexity index is 734. The van der Waals surface area contributed by atoms with Crippen LogP contribution in [-0.4, -0.2) is 52.0 Å². The Labute approximate surface area is 149 Å². The Morgan fingerprint density at radius 3 is 2.28 bits per heavy atom. The normalized spacial score (nSPS) is 11.9. The van der Waals surface area contributed by atoms with E-state index in [-0.39, 0.29) is 17.7 Å². The second-order valence-corrected chi connectivity index (χ2v) is 6.35. The van der Waals surface area contributed by atoms with Crippen LogP contribution in [0.15, 0.2) is 36.5 Å². The molecule has 0 aliphatic carbocycles. The number of aryl methyl sites for hydroxylation is 1. The molecule has 2 rings (SSSR count). The maximum Gasteiger partial charge on any atom is 0.253 e. The second kappa shape index (κ2) is 7.96. The Balaban J connectivity index is 2.10. The average Bonchev–Trinajstić information content (AvgIpc) is 3.04. The molecule has 1 aromatic carbocycles. The molecule has 0 aliphatic rings. The van der Waals surface area contributed by atoms with Gasteiger partial charge >= 0.3 is 0 Å². The molecule has 2 aromatic rings. The third-order valence-electron chi connectivity index (χ3n) is 4.35. The fraction of sp³-hybridized carbons (Fsp3) is 0.421. The van der Waals surface area contributed by atoms with Crippen LogP contribution in [0.3, 0.4) is 0 Å². The van der Waals surface area contributed by atoms with Crippen molar-refractivity contribution in [1.82, 2.24) is 19.6 Å². The first-order valence-corrected chi connectivity index (χ1v) is 8.42.